The van der Waals surface area contributed by atoms with Crippen LogP contribution in [0.4, 0.5) is 16.3 Å². The molecule has 214 valence electrons. The van der Waals surface area contributed by atoms with Crippen molar-refractivity contribution in [1.29, 1.82) is 0 Å². The van der Waals surface area contributed by atoms with E-state index in [2.05, 4.69) is 32.5 Å². The van der Waals surface area contributed by atoms with Gasteiger partial charge in [-0.2, -0.15) is 0 Å². The molecule has 0 atom stereocenters. The first-order chi connectivity index (χ1) is 19.3. The summed E-state index contributed by atoms with van der Waals surface area (Å²) in [6, 6.07) is 14.7. The Hall–Kier alpha value is -3.80. The summed E-state index contributed by atoms with van der Waals surface area (Å²) in [6.07, 6.45) is 0.992. The molecular formula is C32H42N4O4. The lowest BCUT2D eigenvalue weighted by Crippen LogP contribution is -2.37. The minimum Gasteiger partial charge on any atom is -0.494 e. The standard InChI is InChI=1S/C30H36N4O4.C2H6/c1-22-20-26(37-17-5-14-34-15-18-36-19-16-34)13-10-24(22)9-6-23-7-11-25(12-8-23)31-29(35)32-28-21-27(38-33-28)30(2,3)4;1-2/h7-8,10-13,20-21H,5,14-19H2,1-4H3,(H2,31,32,33,35);1-2H3. The third-order valence-electron chi connectivity index (χ3n) is 6.16. The van der Waals surface area contributed by atoms with Crippen LogP contribution in [0.5, 0.6) is 5.75 Å². The lowest BCUT2D eigenvalue weighted by atomic mass is 9.93. The van der Waals surface area contributed by atoms with Crippen molar-refractivity contribution in [3.05, 3.63) is 71.0 Å². The van der Waals surface area contributed by atoms with E-state index in [0.717, 1.165) is 61.7 Å². The summed E-state index contributed by atoms with van der Waals surface area (Å²) in [5, 5.41) is 9.38. The number of carbonyl (C=O) groups excluding carboxylic acids is 1. The molecule has 4 rings (SSSR count). The van der Waals surface area contributed by atoms with E-state index in [1.807, 2.05) is 84.0 Å². The maximum absolute atomic E-state index is 12.3. The smallest absolute Gasteiger partial charge is 0.324 e. The van der Waals surface area contributed by atoms with Gasteiger partial charge in [-0.05, 0) is 61.4 Å². The van der Waals surface area contributed by atoms with Gasteiger partial charge in [0, 0.05) is 47.9 Å². The molecule has 8 heteroatoms. The van der Waals surface area contributed by atoms with Crippen LogP contribution < -0.4 is 15.4 Å². The summed E-state index contributed by atoms with van der Waals surface area (Å²) < 4.78 is 16.6. The number of amides is 2. The van der Waals surface area contributed by atoms with E-state index in [0.29, 0.717) is 23.9 Å². The molecule has 1 aromatic heterocycles. The van der Waals surface area contributed by atoms with Gasteiger partial charge in [0.25, 0.3) is 0 Å². The molecule has 3 aromatic rings. The van der Waals surface area contributed by atoms with Crippen LogP contribution in [0.1, 0.15) is 63.5 Å². The Morgan fingerprint density at radius 3 is 2.40 bits per heavy atom. The predicted octanol–water partition coefficient (Wildman–Crippen LogP) is 6.45. The molecule has 8 nitrogen and oxygen atoms in total. The van der Waals surface area contributed by atoms with Crippen molar-refractivity contribution in [1.82, 2.24) is 10.1 Å². The summed E-state index contributed by atoms with van der Waals surface area (Å²) in [5.41, 5.74) is 3.34. The number of urea groups is 1. The van der Waals surface area contributed by atoms with E-state index in [1.54, 1.807) is 6.07 Å². The van der Waals surface area contributed by atoms with Crippen LogP contribution in [0.15, 0.2) is 53.1 Å². The van der Waals surface area contributed by atoms with Crippen LogP contribution >= 0.6 is 0 Å². The molecule has 0 aliphatic carbocycles. The topological polar surface area (TPSA) is 88.9 Å². The lowest BCUT2D eigenvalue weighted by molar-refractivity contribution is 0.0358. The molecule has 0 saturated carbocycles. The maximum atomic E-state index is 12.3. The van der Waals surface area contributed by atoms with Crippen molar-refractivity contribution in [3.8, 4) is 17.6 Å². The first kappa shape index (κ1) is 30.7. The normalized spacial score (nSPS) is 13.3. The zero-order chi connectivity index (χ0) is 29.0. The van der Waals surface area contributed by atoms with Gasteiger partial charge in [0.2, 0.25) is 0 Å². The number of carbonyl (C=O) groups is 1. The number of hydrogen-bond acceptors (Lipinski definition) is 6. The number of hydrogen-bond donors (Lipinski definition) is 2. The van der Waals surface area contributed by atoms with Gasteiger partial charge in [0.1, 0.15) is 11.5 Å². The van der Waals surface area contributed by atoms with Crippen LogP contribution in [-0.2, 0) is 10.2 Å². The summed E-state index contributed by atoms with van der Waals surface area (Å²) in [5.74, 6) is 8.36. The quantitative estimate of drug-likeness (QED) is 0.261. The Morgan fingerprint density at radius 2 is 1.75 bits per heavy atom. The minimum absolute atomic E-state index is 0.183. The fourth-order valence-corrected chi connectivity index (χ4v) is 3.91. The molecule has 0 spiro atoms. The largest absolute Gasteiger partial charge is 0.494 e. The van der Waals surface area contributed by atoms with E-state index >= 15 is 0 Å². The fraction of sp³-hybridized carbons (Fsp3) is 0.438. The number of benzene rings is 2. The molecule has 1 saturated heterocycles. The molecule has 1 aliphatic heterocycles. The Kier molecular flexibility index (Phi) is 11.6. The first-order valence-corrected chi connectivity index (χ1v) is 14.0. The zero-order valence-corrected chi connectivity index (χ0v) is 24.6. The van der Waals surface area contributed by atoms with Gasteiger partial charge in [-0.25, -0.2) is 4.79 Å². The zero-order valence-electron chi connectivity index (χ0n) is 24.6. The van der Waals surface area contributed by atoms with Crippen molar-refractivity contribution in [2.24, 2.45) is 0 Å². The van der Waals surface area contributed by atoms with Gasteiger partial charge >= 0.3 is 6.03 Å². The highest BCUT2D eigenvalue weighted by atomic mass is 16.5. The summed E-state index contributed by atoms with van der Waals surface area (Å²) in [7, 11) is 0. The van der Waals surface area contributed by atoms with Crippen molar-refractivity contribution >= 4 is 17.5 Å². The average Bonchev–Trinajstić information content (AvgIpc) is 3.42. The third-order valence-corrected chi connectivity index (χ3v) is 6.16. The second kappa shape index (κ2) is 15.1. The Bertz CT molecular complexity index is 1280. The second-order valence-electron chi connectivity index (χ2n) is 10.4. The maximum Gasteiger partial charge on any atom is 0.324 e. The van der Waals surface area contributed by atoms with Crippen molar-refractivity contribution in [3.63, 3.8) is 0 Å². The molecule has 1 aliphatic rings. The predicted molar refractivity (Wildman–Crippen MR) is 160 cm³/mol. The second-order valence-corrected chi connectivity index (χ2v) is 10.4. The molecule has 2 aromatic carbocycles. The van der Waals surface area contributed by atoms with Crippen LogP contribution in [0.2, 0.25) is 0 Å². The highest BCUT2D eigenvalue weighted by Gasteiger charge is 2.20. The van der Waals surface area contributed by atoms with Gasteiger partial charge in [-0.15, -0.1) is 0 Å². The van der Waals surface area contributed by atoms with E-state index in [4.69, 9.17) is 14.0 Å². The van der Waals surface area contributed by atoms with Gasteiger partial charge in [0.05, 0.1) is 19.8 Å². The first-order valence-electron chi connectivity index (χ1n) is 14.0. The Labute approximate surface area is 238 Å². The van der Waals surface area contributed by atoms with Crippen molar-refractivity contribution in [2.75, 3.05) is 50.1 Å². The molecule has 0 radical (unpaired) electrons. The van der Waals surface area contributed by atoms with Crippen LogP contribution in [0.3, 0.4) is 0 Å². The van der Waals surface area contributed by atoms with E-state index in [-0.39, 0.29) is 5.41 Å². The Balaban J connectivity index is 0.00000216. The summed E-state index contributed by atoms with van der Waals surface area (Å²) in [6.45, 7) is 17.5. The molecule has 40 heavy (non-hydrogen) atoms. The SMILES string of the molecule is CC.Cc1cc(OCCCN2CCOCC2)ccc1C#Cc1ccc(NC(=O)Nc2cc(C(C)(C)C)on2)cc1. The van der Waals surface area contributed by atoms with Gasteiger partial charge < -0.3 is 19.3 Å². The highest BCUT2D eigenvalue weighted by Crippen LogP contribution is 2.24. The number of nitrogens with zero attached hydrogens (tertiary/aromatic N) is 2. The minimum atomic E-state index is -0.392. The highest BCUT2D eigenvalue weighted by molar-refractivity contribution is 5.99. The number of nitrogens with one attached hydrogen (secondary N) is 2. The molecular weight excluding hydrogens is 504 g/mol. The number of morpholine rings is 1. The molecule has 2 amide bonds. The van der Waals surface area contributed by atoms with Gasteiger partial charge in [0.15, 0.2) is 5.82 Å². The number of anilines is 2. The van der Waals surface area contributed by atoms with Crippen LogP contribution in [0, 0.1) is 18.8 Å². The van der Waals surface area contributed by atoms with E-state index < -0.39 is 6.03 Å². The summed E-state index contributed by atoms with van der Waals surface area (Å²) >= 11 is 0. The molecule has 2 heterocycles. The number of ether oxygens (including phenoxy) is 2. The lowest BCUT2D eigenvalue weighted by Gasteiger charge is -2.26. The molecule has 2 N–H and O–H groups in total. The van der Waals surface area contributed by atoms with Gasteiger partial charge in [-0.1, -0.05) is 51.6 Å². The van der Waals surface area contributed by atoms with Crippen LogP contribution in [0.25, 0.3) is 0 Å². The average molecular weight is 547 g/mol. The number of rotatable bonds is 7. The van der Waals surface area contributed by atoms with Crippen LogP contribution in [-0.4, -0.2) is 55.5 Å². The third kappa shape index (κ3) is 9.74. The molecule has 0 unspecified atom stereocenters. The van der Waals surface area contributed by atoms with Crippen molar-refractivity contribution in [2.45, 2.75) is 53.4 Å². The Morgan fingerprint density at radius 1 is 1.02 bits per heavy atom. The van der Waals surface area contributed by atoms with E-state index in [9.17, 15) is 4.79 Å². The fourth-order valence-electron chi connectivity index (χ4n) is 3.91. The van der Waals surface area contributed by atoms with E-state index in [1.165, 1.54) is 0 Å². The van der Waals surface area contributed by atoms with Crippen molar-refractivity contribution < 1.29 is 18.8 Å². The molecule has 0 bridgehead atoms. The summed E-state index contributed by atoms with van der Waals surface area (Å²) in [4.78, 5) is 14.7. The van der Waals surface area contributed by atoms with Gasteiger partial charge in [-0.3, -0.25) is 10.2 Å². The number of aryl methyl sites for hydroxylation is 1. The molecule has 1 fully saturated rings. The number of aromatic nitrogens is 1. The monoisotopic (exact) mass is 546 g/mol.